The van der Waals surface area contributed by atoms with Gasteiger partial charge in [0.25, 0.3) is 0 Å². The SMILES string of the molecule is O=[N+]([O-])c1cnn(C2CNCC2O)c1. The molecule has 0 bridgehead atoms. The maximum Gasteiger partial charge on any atom is 0.307 e. The van der Waals surface area contributed by atoms with Gasteiger partial charge in [0, 0.05) is 13.1 Å². The van der Waals surface area contributed by atoms with Crippen LogP contribution in [-0.2, 0) is 0 Å². The molecule has 1 fully saturated rings. The Morgan fingerprint density at radius 1 is 1.71 bits per heavy atom. The lowest BCUT2D eigenvalue weighted by atomic mass is 10.2. The Balaban J connectivity index is 2.20. The van der Waals surface area contributed by atoms with E-state index in [1.165, 1.54) is 17.1 Å². The van der Waals surface area contributed by atoms with Gasteiger partial charge in [-0.3, -0.25) is 14.8 Å². The van der Waals surface area contributed by atoms with Crippen LogP contribution in [0.2, 0.25) is 0 Å². The van der Waals surface area contributed by atoms with Crippen LogP contribution in [0.4, 0.5) is 5.69 Å². The van der Waals surface area contributed by atoms with Crippen molar-refractivity contribution in [1.29, 1.82) is 0 Å². The Hall–Kier alpha value is -1.47. The van der Waals surface area contributed by atoms with Crippen molar-refractivity contribution in [3.8, 4) is 0 Å². The topological polar surface area (TPSA) is 93.2 Å². The van der Waals surface area contributed by atoms with Gasteiger partial charge in [0.15, 0.2) is 0 Å². The molecule has 1 saturated heterocycles. The standard InChI is InChI=1S/C7H10N4O3/c12-7-3-8-2-6(7)10-4-5(1-9-10)11(13)14/h1,4,6-8,12H,2-3H2. The van der Waals surface area contributed by atoms with Crippen LogP contribution in [0.25, 0.3) is 0 Å². The van der Waals surface area contributed by atoms with Gasteiger partial charge in [-0.2, -0.15) is 5.10 Å². The van der Waals surface area contributed by atoms with Crippen molar-refractivity contribution in [2.45, 2.75) is 12.1 Å². The van der Waals surface area contributed by atoms with Gasteiger partial charge < -0.3 is 10.4 Å². The number of rotatable bonds is 2. The van der Waals surface area contributed by atoms with Crippen molar-refractivity contribution < 1.29 is 10.0 Å². The molecule has 0 radical (unpaired) electrons. The van der Waals surface area contributed by atoms with E-state index in [-0.39, 0.29) is 11.7 Å². The molecule has 2 atom stereocenters. The molecule has 1 aromatic rings. The van der Waals surface area contributed by atoms with Gasteiger partial charge in [0.05, 0.1) is 17.1 Å². The van der Waals surface area contributed by atoms with Gasteiger partial charge >= 0.3 is 5.69 Å². The molecule has 2 unspecified atom stereocenters. The van der Waals surface area contributed by atoms with Crippen LogP contribution in [0.3, 0.4) is 0 Å². The van der Waals surface area contributed by atoms with Crippen molar-refractivity contribution in [3.05, 3.63) is 22.5 Å². The fourth-order valence-electron chi connectivity index (χ4n) is 1.52. The second-order valence-electron chi connectivity index (χ2n) is 3.23. The first-order chi connectivity index (χ1) is 6.68. The predicted octanol–water partition coefficient (Wildman–Crippen LogP) is -0.704. The molecule has 1 aromatic heterocycles. The molecule has 7 nitrogen and oxygen atoms in total. The van der Waals surface area contributed by atoms with Crippen LogP contribution in [0.5, 0.6) is 0 Å². The first-order valence-corrected chi connectivity index (χ1v) is 4.26. The summed E-state index contributed by atoms with van der Waals surface area (Å²) in [6.07, 6.45) is 1.99. The molecular formula is C7H10N4O3. The molecule has 0 aromatic carbocycles. The normalized spacial score (nSPS) is 26.6. The minimum absolute atomic E-state index is 0.0518. The van der Waals surface area contributed by atoms with Crippen molar-refractivity contribution >= 4 is 5.69 Å². The van der Waals surface area contributed by atoms with Crippen molar-refractivity contribution in [1.82, 2.24) is 15.1 Å². The molecule has 2 rings (SSSR count). The van der Waals surface area contributed by atoms with Gasteiger partial charge in [0.2, 0.25) is 0 Å². The molecule has 2 heterocycles. The largest absolute Gasteiger partial charge is 0.390 e. The van der Waals surface area contributed by atoms with Gasteiger partial charge in [-0.1, -0.05) is 0 Å². The summed E-state index contributed by atoms with van der Waals surface area (Å²) < 4.78 is 1.43. The monoisotopic (exact) mass is 198 g/mol. The summed E-state index contributed by atoms with van der Waals surface area (Å²) in [5.41, 5.74) is -0.0518. The summed E-state index contributed by atoms with van der Waals surface area (Å²) in [5, 5.41) is 26.7. The minimum Gasteiger partial charge on any atom is -0.390 e. The van der Waals surface area contributed by atoms with Crippen molar-refractivity contribution in [2.24, 2.45) is 0 Å². The Morgan fingerprint density at radius 2 is 2.50 bits per heavy atom. The molecule has 1 aliphatic heterocycles. The first kappa shape index (κ1) is 9.10. The lowest BCUT2D eigenvalue weighted by Gasteiger charge is -2.12. The van der Waals surface area contributed by atoms with E-state index in [9.17, 15) is 15.2 Å². The third kappa shape index (κ3) is 1.47. The number of nitro groups is 1. The van der Waals surface area contributed by atoms with Gasteiger partial charge in [-0.05, 0) is 0 Å². The predicted molar refractivity (Wildman–Crippen MR) is 46.8 cm³/mol. The first-order valence-electron chi connectivity index (χ1n) is 4.26. The van der Waals surface area contributed by atoms with Crippen molar-refractivity contribution in [2.75, 3.05) is 13.1 Å². The molecule has 0 amide bonds. The highest BCUT2D eigenvalue weighted by Gasteiger charge is 2.28. The summed E-state index contributed by atoms with van der Waals surface area (Å²) in [7, 11) is 0. The van der Waals surface area contributed by atoms with E-state index in [1.54, 1.807) is 0 Å². The molecule has 0 aliphatic carbocycles. The van der Waals surface area contributed by atoms with E-state index in [0.29, 0.717) is 13.1 Å². The number of hydrogen-bond donors (Lipinski definition) is 2. The zero-order valence-corrected chi connectivity index (χ0v) is 7.33. The van der Waals surface area contributed by atoms with E-state index < -0.39 is 11.0 Å². The van der Waals surface area contributed by atoms with Crippen LogP contribution in [0, 0.1) is 10.1 Å². The molecule has 2 N–H and O–H groups in total. The Morgan fingerprint density at radius 3 is 3.00 bits per heavy atom. The highest BCUT2D eigenvalue weighted by atomic mass is 16.6. The molecule has 76 valence electrons. The van der Waals surface area contributed by atoms with Gasteiger partial charge in [-0.25, -0.2) is 0 Å². The van der Waals surface area contributed by atoms with Gasteiger partial charge in [0.1, 0.15) is 12.4 Å². The Labute approximate surface area is 79.5 Å². The number of β-amino-alcohol motifs (C(OH)–C–C–N with tert-alkyl or cyclic N) is 1. The summed E-state index contributed by atoms with van der Waals surface area (Å²) >= 11 is 0. The Kier molecular flexibility index (Phi) is 2.18. The lowest BCUT2D eigenvalue weighted by molar-refractivity contribution is -0.385. The number of aliphatic hydroxyl groups is 1. The maximum atomic E-state index is 10.4. The second kappa shape index (κ2) is 3.35. The van der Waals surface area contributed by atoms with E-state index in [2.05, 4.69) is 10.4 Å². The zero-order chi connectivity index (χ0) is 10.1. The second-order valence-corrected chi connectivity index (χ2v) is 3.23. The van der Waals surface area contributed by atoms with E-state index in [4.69, 9.17) is 0 Å². The number of hydrogen-bond acceptors (Lipinski definition) is 5. The summed E-state index contributed by atoms with van der Waals surface area (Å²) in [5.74, 6) is 0. The molecule has 14 heavy (non-hydrogen) atoms. The molecule has 7 heteroatoms. The quantitative estimate of drug-likeness (QED) is 0.484. The van der Waals surface area contributed by atoms with E-state index in [0.717, 1.165) is 0 Å². The minimum atomic E-state index is -0.533. The third-order valence-corrected chi connectivity index (χ3v) is 2.29. The maximum absolute atomic E-state index is 10.4. The average Bonchev–Trinajstić information content (AvgIpc) is 2.71. The molecule has 0 spiro atoms. The summed E-state index contributed by atoms with van der Waals surface area (Å²) in [6, 6.07) is -0.205. The number of nitrogens with one attached hydrogen (secondary N) is 1. The Bertz CT molecular complexity index is 350. The van der Waals surface area contributed by atoms with Crippen LogP contribution in [0.15, 0.2) is 12.4 Å². The number of aliphatic hydroxyl groups excluding tert-OH is 1. The highest BCUT2D eigenvalue weighted by molar-refractivity contribution is 5.21. The zero-order valence-electron chi connectivity index (χ0n) is 7.33. The van der Waals surface area contributed by atoms with E-state index >= 15 is 0 Å². The summed E-state index contributed by atoms with van der Waals surface area (Å²) in [6.45, 7) is 1.08. The fourth-order valence-corrected chi connectivity index (χ4v) is 1.52. The van der Waals surface area contributed by atoms with Gasteiger partial charge in [-0.15, -0.1) is 0 Å². The fraction of sp³-hybridized carbons (Fsp3) is 0.571. The number of aromatic nitrogens is 2. The van der Waals surface area contributed by atoms with Crippen LogP contribution < -0.4 is 5.32 Å². The van der Waals surface area contributed by atoms with Crippen LogP contribution in [0.1, 0.15) is 6.04 Å². The lowest BCUT2D eigenvalue weighted by Crippen LogP contribution is -2.22. The third-order valence-electron chi connectivity index (χ3n) is 2.29. The summed E-state index contributed by atoms with van der Waals surface area (Å²) in [4.78, 5) is 9.88. The average molecular weight is 198 g/mol. The number of nitrogens with zero attached hydrogens (tertiary/aromatic N) is 3. The van der Waals surface area contributed by atoms with E-state index in [1.807, 2.05) is 0 Å². The molecule has 0 saturated carbocycles. The van der Waals surface area contributed by atoms with Crippen molar-refractivity contribution in [3.63, 3.8) is 0 Å². The van der Waals surface area contributed by atoms with Crippen LogP contribution >= 0.6 is 0 Å². The molecular weight excluding hydrogens is 188 g/mol. The smallest absolute Gasteiger partial charge is 0.307 e. The van der Waals surface area contributed by atoms with Crippen LogP contribution in [-0.4, -0.2) is 39.0 Å². The highest BCUT2D eigenvalue weighted by Crippen LogP contribution is 2.18. The molecule has 1 aliphatic rings.